The predicted octanol–water partition coefficient (Wildman–Crippen LogP) is 11.0. The van der Waals surface area contributed by atoms with E-state index in [1.165, 1.54) is 74.9 Å². The maximum Gasteiger partial charge on any atom is 0.0134 e. The van der Waals surface area contributed by atoms with Gasteiger partial charge in [0.05, 0.1) is 0 Å². The lowest BCUT2D eigenvalue weighted by Gasteiger charge is -2.45. The molecule has 0 heteroatoms. The van der Waals surface area contributed by atoms with Crippen molar-refractivity contribution in [2.45, 2.75) is 71.6 Å². The van der Waals surface area contributed by atoms with Gasteiger partial charge in [-0.05, 0) is 93.2 Å². The Morgan fingerprint density at radius 2 is 1.00 bits per heavy atom. The summed E-state index contributed by atoms with van der Waals surface area (Å²) in [5.41, 5.74) is 17.7. The highest BCUT2D eigenvalue weighted by atomic mass is 14.5. The Morgan fingerprint density at radius 1 is 0.550 bits per heavy atom. The summed E-state index contributed by atoms with van der Waals surface area (Å²) >= 11 is 0. The normalized spacial score (nSPS) is 16.9. The maximum atomic E-state index is 2.59. The smallest absolute Gasteiger partial charge is 0.0134 e. The van der Waals surface area contributed by atoms with Crippen molar-refractivity contribution in [3.05, 3.63) is 129 Å². The van der Waals surface area contributed by atoms with Crippen molar-refractivity contribution < 1.29 is 0 Å². The fraction of sp³-hybridized carbons (Fsp3) is 0.300. The molecule has 0 nitrogen and oxygen atoms in total. The Hall–Kier alpha value is -3.64. The molecule has 0 aromatic heterocycles. The van der Waals surface area contributed by atoms with Gasteiger partial charge >= 0.3 is 0 Å². The fourth-order valence-electron chi connectivity index (χ4n) is 7.36. The van der Waals surface area contributed by atoms with Crippen molar-refractivity contribution in [1.29, 1.82) is 0 Å². The first-order valence-electron chi connectivity index (χ1n) is 15.3. The van der Waals surface area contributed by atoms with Crippen LogP contribution in [0.25, 0.3) is 34.4 Å². The predicted molar refractivity (Wildman–Crippen MR) is 172 cm³/mol. The highest BCUT2D eigenvalue weighted by Crippen LogP contribution is 2.58. The van der Waals surface area contributed by atoms with Gasteiger partial charge in [0, 0.05) is 5.41 Å². The summed E-state index contributed by atoms with van der Waals surface area (Å²) in [6.45, 7) is 9.14. The molecule has 0 unspecified atom stereocenters. The van der Waals surface area contributed by atoms with Gasteiger partial charge in [-0.25, -0.2) is 0 Å². The standard InChI is InChI=1S/C40H40/c1-26(2)28-10-5-12-30(20-28)36-16-7-14-32-22-34(24-38(32)36)40(18-9-19-40)35-23-33-15-8-17-37(39(33)25-35)31-13-6-11-29(21-31)27(3)4/h5-8,10-17,20-21,24-27H,9,18-19,22-23H2,1-4H3. The number of benzene rings is 4. The number of hydrogen-bond acceptors (Lipinski definition) is 0. The number of fused-ring (bicyclic) bond motifs is 2. The van der Waals surface area contributed by atoms with E-state index < -0.39 is 0 Å². The van der Waals surface area contributed by atoms with Crippen LogP contribution in [-0.2, 0) is 12.8 Å². The lowest BCUT2D eigenvalue weighted by atomic mass is 9.59. The molecular formula is C40H40. The molecule has 40 heavy (non-hydrogen) atoms. The third-order valence-corrected chi connectivity index (χ3v) is 9.96. The zero-order valence-electron chi connectivity index (χ0n) is 24.4. The zero-order valence-corrected chi connectivity index (χ0v) is 24.4. The molecule has 0 amide bonds. The van der Waals surface area contributed by atoms with Crippen molar-refractivity contribution in [1.82, 2.24) is 0 Å². The molecule has 1 fully saturated rings. The summed E-state index contributed by atoms with van der Waals surface area (Å²) in [6, 6.07) is 32.3. The minimum Gasteiger partial charge on any atom is -0.0614 e. The van der Waals surface area contributed by atoms with Crippen LogP contribution in [0.15, 0.2) is 96.1 Å². The number of rotatable bonds is 6. The summed E-state index contributed by atoms with van der Waals surface area (Å²) in [5, 5.41) is 0. The van der Waals surface area contributed by atoms with Crippen LogP contribution in [-0.4, -0.2) is 0 Å². The lowest BCUT2D eigenvalue weighted by Crippen LogP contribution is -2.34. The highest BCUT2D eigenvalue weighted by molar-refractivity contribution is 5.85. The molecule has 0 bridgehead atoms. The van der Waals surface area contributed by atoms with Crippen molar-refractivity contribution in [3.63, 3.8) is 0 Å². The summed E-state index contributed by atoms with van der Waals surface area (Å²) in [7, 11) is 0. The molecule has 0 spiro atoms. The molecule has 4 aromatic carbocycles. The van der Waals surface area contributed by atoms with E-state index in [4.69, 9.17) is 0 Å². The average Bonchev–Trinajstić information content (AvgIpc) is 3.57. The highest BCUT2D eigenvalue weighted by Gasteiger charge is 2.46. The summed E-state index contributed by atoms with van der Waals surface area (Å²) in [6.07, 6.45) is 11.2. The van der Waals surface area contributed by atoms with E-state index in [9.17, 15) is 0 Å². The summed E-state index contributed by atoms with van der Waals surface area (Å²) in [5.74, 6) is 1.07. The van der Waals surface area contributed by atoms with Crippen LogP contribution in [0, 0.1) is 5.41 Å². The second-order valence-corrected chi connectivity index (χ2v) is 12.9. The zero-order chi connectivity index (χ0) is 27.4. The van der Waals surface area contributed by atoms with Crippen LogP contribution in [0.1, 0.15) is 92.2 Å². The first kappa shape index (κ1) is 25.3. The van der Waals surface area contributed by atoms with Crippen molar-refractivity contribution >= 4 is 12.2 Å². The summed E-state index contributed by atoms with van der Waals surface area (Å²) in [4.78, 5) is 0. The topological polar surface area (TPSA) is 0 Å². The quantitative estimate of drug-likeness (QED) is 0.237. The van der Waals surface area contributed by atoms with E-state index in [0.29, 0.717) is 11.8 Å². The van der Waals surface area contributed by atoms with Gasteiger partial charge in [-0.2, -0.15) is 0 Å². The van der Waals surface area contributed by atoms with Crippen LogP contribution in [0.5, 0.6) is 0 Å². The van der Waals surface area contributed by atoms with Gasteiger partial charge in [0.1, 0.15) is 0 Å². The second kappa shape index (κ2) is 9.77. The SMILES string of the molecule is CC(C)c1cccc(-c2cccc3c2C=C(C2(C4=Cc5c(cccc5-c5cccc(C(C)C)c5)C4)CCC2)C3)c1. The Morgan fingerprint density at radius 3 is 1.40 bits per heavy atom. The van der Waals surface area contributed by atoms with E-state index in [1.54, 1.807) is 11.1 Å². The molecule has 200 valence electrons. The first-order valence-corrected chi connectivity index (χ1v) is 15.3. The molecule has 3 aliphatic rings. The average molecular weight is 521 g/mol. The number of hydrogen-bond donors (Lipinski definition) is 0. The molecule has 0 saturated heterocycles. The van der Waals surface area contributed by atoms with Gasteiger partial charge in [-0.1, -0.05) is 142 Å². The van der Waals surface area contributed by atoms with Crippen LogP contribution in [0.3, 0.4) is 0 Å². The van der Waals surface area contributed by atoms with Crippen LogP contribution < -0.4 is 0 Å². The van der Waals surface area contributed by atoms with Gasteiger partial charge in [0.2, 0.25) is 0 Å². The second-order valence-electron chi connectivity index (χ2n) is 12.9. The molecule has 0 aliphatic heterocycles. The van der Waals surface area contributed by atoms with E-state index >= 15 is 0 Å². The minimum atomic E-state index is 0.214. The van der Waals surface area contributed by atoms with Crippen LogP contribution >= 0.6 is 0 Å². The molecule has 0 N–H and O–H groups in total. The molecule has 0 atom stereocenters. The van der Waals surface area contributed by atoms with Crippen LogP contribution in [0.4, 0.5) is 0 Å². The Bertz CT molecular complexity index is 1550. The van der Waals surface area contributed by atoms with Gasteiger partial charge in [-0.15, -0.1) is 0 Å². The molecule has 1 saturated carbocycles. The maximum absolute atomic E-state index is 2.59. The third-order valence-electron chi connectivity index (χ3n) is 9.96. The van der Waals surface area contributed by atoms with Crippen LogP contribution in [0.2, 0.25) is 0 Å². The van der Waals surface area contributed by atoms with Crippen molar-refractivity contribution in [2.24, 2.45) is 5.41 Å². The molecular weight excluding hydrogens is 480 g/mol. The van der Waals surface area contributed by atoms with E-state index in [2.05, 4.69) is 125 Å². The van der Waals surface area contributed by atoms with E-state index in [0.717, 1.165) is 12.8 Å². The van der Waals surface area contributed by atoms with Crippen molar-refractivity contribution in [3.8, 4) is 22.3 Å². The van der Waals surface area contributed by atoms with Gasteiger partial charge in [0.15, 0.2) is 0 Å². The first-order chi connectivity index (χ1) is 19.4. The molecule has 4 aromatic rings. The van der Waals surface area contributed by atoms with Crippen molar-refractivity contribution in [2.75, 3.05) is 0 Å². The van der Waals surface area contributed by atoms with E-state index in [-0.39, 0.29) is 5.41 Å². The molecule has 7 rings (SSSR count). The monoisotopic (exact) mass is 520 g/mol. The largest absolute Gasteiger partial charge is 0.0614 e. The van der Waals surface area contributed by atoms with E-state index in [1.807, 2.05) is 0 Å². The Labute approximate surface area is 240 Å². The molecule has 0 radical (unpaired) electrons. The molecule has 3 aliphatic carbocycles. The number of allylic oxidation sites excluding steroid dienone is 2. The van der Waals surface area contributed by atoms with Gasteiger partial charge < -0.3 is 0 Å². The minimum absolute atomic E-state index is 0.214. The summed E-state index contributed by atoms with van der Waals surface area (Å²) < 4.78 is 0. The Balaban J connectivity index is 1.27. The third kappa shape index (κ3) is 4.12. The fourth-order valence-corrected chi connectivity index (χ4v) is 7.36. The Kier molecular flexibility index (Phi) is 6.19. The van der Waals surface area contributed by atoms with Gasteiger partial charge in [0.25, 0.3) is 0 Å². The lowest BCUT2D eigenvalue weighted by molar-refractivity contribution is 0.235. The molecule has 0 heterocycles. The van der Waals surface area contributed by atoms with Gasteiger partial charge in [-0.3, -0.25) is 0 Å².